The number of aryl methyl sites for hydroxylation is 1. The molecule has 1 N–H and O–H groups in total. The molecular weight excluding hydrogens is 271 g/mol. The minimum absolute atomic E-state index is 0.271. The van der Waals surface area contributed by atoms with E-state index in [1.807, 2.05) is 12.1 Å². The molecule has 0 fully saturated rings. The van der Waals surface area contributed by atoms with E-state index in [-0.39, 0.29) is 12.2 Å². The highest BCUT2D eigenvalue weighted by atomic mass is 35.5. The van der Waals surface area contributed by atoms with E-state index in [0.717, 1.165) is 11.3 Å². The van der Waals surface area contributed by atoms with Crippen LogP contribution in [0.5, 0.6) is 0 Å². The van der Waals surface area contributed by atoms with E-state index in [9.17, 15) is 9.50 Å². The average Bonchev–Trinajstić information content (AvgIpc) is 2.81. The third-order valence-electron chi connectivity index (χ3n) is 2.79. The summed E-state index contributed by atoms with van der Waals surface area (Å²) in [5.41, 5.74) is 0.485. The highest BCUT2D eigenvalue weighted by molar-refractivity contribution is 7.12. The lowest BCUT2D eigenvalue weighted by Gasteiger charge is -2.09. The first kappa shape index (κ1) is 13.5. The molecule has 1 aromatic carbocycles. The minimum Gasteiger partial charge on any atom is -0.387 e. The Morgan fingerprint density at radius 3 is 2.72 bits per heavy atom. The van der Waals surface area contributed by atoms with Crippen LogP contribution in [-0.4, -0.2) is 5.11 Å². The van der Waals surface area contributed by atoms with E-state index in [2.05, 4.69) is 6.92 Å². The van der Waals surface area contributed by atoms with Crippen LogP contribution < -0.4 is 0 Å². The van der Waals surface area contributed by atoms with Gasteiger partial charge in [0, 0.05) is 21.2 Å². The highest BCUT2D eigenvalue weighted by Crippen LogP contribution is 2.27. The van der Waals surface area contributed by atoms with Crippen LogP contribution in [0.1, 0.15) is 28.3 Å². The van der Waals surface area contributed by atoms with Crippen molar-refractivity contribution in [3.8, 4) is 0 Å². The zero-order valence-corrected chi connectivity index (χ0v) is 11.6. The van der Waals surface area contributed by atoms with Crippen LogP contribution in [0.15, 0.2) is 30.3 Å². The van der Waals surface area contributed by atoms with Crippen molar-refractivity contribution < 1.29 is 9.50 Å². The van der Waals surface area contributed by atoms with Gasteiger partial charge in [0.25, 0.3) is 0 Å². The fourth-order valence-electron chi connectivity index (χ4n) is 1.76. The second-order valence-corrected chi connectivity index (χ2v) is 5.75. The monoisotopic (exact) mass is 284 g/mol. The summed E-state index contributed by atoms with van der Waals surface area (Å²) in [5, 5.41) is 10.5. The van der Waals surface area contributed by atoms with Gasteiger partial charge in [-0.3, -0.25) is 0 Å². The summed E-state index contributed by atoms with van der Waals surface area (Å²) in [7, 11) is 0. The Bertz CT molecular complexity index is 538. The molecule has 1 nitrogen and oxygen atoms in total. The Morgan fingerprint density at radius 2 is 2.11 bits per heavy atom. The molecule has 4 heteroatoms. The molecule has 0 radical (unpaired) electrons. The highest BCUT2D eigenvalue weighted by Gasteiger charge is 2.13. The Morgan fingerprint density at radius 1 is 1.33 bits per heavy atom. The summed E-state index contributed by atoms with van der Waals surface area (Å²) in [6.07, 6.45) is 0.560. The molecule has 2 rings (SSSR count). The SMILES string of the molecule is CCc1ccc(C(O)Cc2ccc(Cl)cc2F)s1. The molecule has 96 valence electrons. The lowest BCUT2D eigenvalue weighted by Crippen LogP contribution is -2.01. The van der Waals surface area contributed by atoms with Gasteiger partial charge in [0.15, 0.2) is 0 Å². The maximum absolute atomic E-state index is 13.6. The van der Waals surface area contributed by atoms with Crippen LogP contribution >= 0.6 is 22.9 Å². The van der Waals surface area contributed by atoms with Crippen molar-refractivity contribution in [3.05, 3.63) is 56.5 Å². The quantitative estimate of drug-likeness (QED) is 0.883. The second kappa shape index (κ2) is 5.83. The van der Waals surface area contributed by atoms with Gasteiger partial charge < -0.3 is 5.11 Å². The molecule has 0 saturated heterocycles. The molecule has 0 aliphatic rings. The van der Waals surface area contributed by atoms with Crippen molar-refractivity contribution in [2.75, 3.05) is 0 Å². The van der Waals surface area contributed by atoms with Crippen LogP contribution in [0.25, 0.3) is 0 Å². The molecule has 0 amide bonds. The fourth-order valence-corrected chi connectivity index (χ4v) is 2.86. The summed E-state index contributed by atoms with van der Waals surface area (Å²) >= 11 is 7.26. The molecule has 0 saturated carbocycles. The van der Waals surface area contributed by atoms with E-state index in [1.165, 1.54) is 10.9 Å². The van der Waals surface area contributed by atoms with Crippen LogP contribution in [0.2, 0.25) is 5.02 Å². The van der Waals surface area contributed by atoms with Crippen LogP contribution in [0.3, 0.4) is 0 Å². The molecule has 1 aromatic heterocycles. The van der Waals surface area contributed by atoms with Gasteiger partial charge in [0.05, 0.1) is 6.10 Å². The molecule has 18 heavy (non-hydrogen) atoms. The van der Waals surface area contributed by atoms with Crippen molar-refractivity contribution >= 4 is 22.9 Å². The number of aliphatic hydroxyl groups excluding tert-OH is 1. The zero-order valence-electron chi connectivity index (χ0n) is 9.99. The standard InChI is InChI=1S/C14H14ClFOS/c1-2-11-5-6-14(18-11)13(17)7-9-3-4-10(15)8-12(9)16/h3-6,8,13,17H,2,7H2,1H3. The van der Waals surface area contributed by atoms with Gasteiger partial charge >= 0.3 is 0 Å². The smallest absolute Gasteiger partial charge is 0.127 e. The fraction of sp³-hybridized carbons (Fsp3) is 0.286. The molecule has 1 atom stereocenters. The van der Waals surface area contributed by atoms with Gasteiger partial charge in [-0.25, -0.2) is 4.39 Å². The largest absolute Gasteiger partial charge is 0.387 e. The van der Waals surface area contributed by atoms with Crippen molar-refractivity contribution in [2.45, 2.75) is 25.9 Å². The van der Waals surface area contributed by atoms with Crippen LogP contribution in [-0.2, 0) is 12.8 Å². The second-order valence-electron chi connectivity index (χ2n) is 4.11. The van der Waals surface area contributed by atoms with Crippen molar-refractivity contribution in [3.63, 3.8) is 0 Å². The van der Waals surface area contributed by atoms with Gasteiger partial charge in [0.1, 0.15) is 5.82 Å². The summed E-state index contributed by atoms with van der Waals surface area (Å²) in [5.74, 6) is -0.367. The van der Waals surface area contributed by atoms with Gasteiger partial charge in [-0.15, -0.1) is 11.3 Å². The number of rotatable bonds is 4. The molecule has 0 bridgehead atoms. The normalized spacial score (nSPS) is 12.7. The minimum atomic E-state index is -0.661. The number of hydrogen-bond acceptors (Lipinski definition) is 2. The molecule has 0 spiro atoms. The van der Waals surface area contributed by atoms with Crippen LogP contribution in [0, 0.1) is 5.82 Å². The molecule has 0 aliphatic heterocycles. The third-order valence-corrected chi connectivity index (χ3v) is 4.35. The predicted octanol–water partition coefficient (Wildman–Crippen LogP) is 4.38. The summed E-state index contributed by atoms with van der Waals surface area (Å²) < 4.78 is 13.6. The summed E-state index contributed by atoms with van der Waals surface area (Å²) in [6, 6.07) is 8.44. The Labute approximate surface area is 115 Å². The number of aliphatic hydroxyl groups is 1. The maximum atomic E-state index is 13.6. The third kappa shape index (κ3) is 3.10. The zero-order chi connectivity index (χ0) is 13.1. The number of thiophene rings is 1. The van der Waals surface area contributed by atoms with E-state index in [1.54, 1.807) is 23.5 Å². The number of benzene rings is 1. The molecule has 2 aromatic rings. The summed E-state index contributed by atoms with van der Waals surface area (Å²) in [4.78, 5) is 2.10. The molecule has 0 aliphatic carbocycles. The molecular formula is C14H14ClFOS. The number of hydrogen-bond donors (Lipinski definition) is 1. The van der Waals surface area contributed by atoms with Gasteiger partial charge in [-0.05, 0) is 36.2 Å². The Hall–Kier alpha value is -0.900. The van der Waals surface area contributed by atoms with Crippen molar-refractivity contribution in [2.24, 2.45) is 0 Å². The van der Waals surface area contributed by atoms with Gasteiger partial charge in [0.2, 0.25) is 0 Å². The van der Waals surface area contributed by atoms with Crippen molar-refractivity contribution in [1.82, 2.24) is 0 Å². The van der Waals surface area contributed by atoms with E-state index in [4.69, 9.17) is 11.6 Å². The maximum Gasteiger partial charge on any atom is 0.127 e. The van der Waals surface area contributed by atoms with E-state index in [0.29, 0.717) is 10.6 Å². The topological polar surface area (TPSA) is 20.2 Å². The first-order chi connectivity index (χ1) is 8.60. The lowest BCUT2D eigenvalue weighted by atomic mass is 10.1. The van der Waals surface area contributed by atoms with Gasteiger partial charge in [-0.2, -0.15) is 0 Å². The first-order valence-corrected chi connectivity index (χ1v) is 7.00. The van der Waals surface area contributed by atoms with E-state index >= 15 is 0 Å². The predicted molar refractivity (Wildman–Crippen MR) is 73.8 cm³/mol. The Kier molecular flexibility index (Phi) is 4.38. The molecule has 1 heterocycles. The van der Waals surface area contributed by atoms with Gasteiger partial charge in [-0.1, -0.05) is 24.6 Å². The Balaban J connectivity index is 2.13. The summed E-state index contributed by atoms with van der Waals surface area (Å²) in [6.45, 7) is 2.07. The first-order valence-electron chi connectivity index (χ1n) is 5.80. The van der Waals surface area contributed by atoms with Crippen LogP contribution in [0.4, 0.5) is 4.39 Å². The number of halogens is 2. The van der Waals surface area contributed by atoms with E-state index < -0.39 is 6.10 Å². The van der Waals surface area contributed by atoms with Crippen molar-refractivity contribution in [1.29, 1.82) is 0 Å². The lowest BCUT2D eigenvalue weighted by molar-refractivity contribution is 0.181. The molecule has 1 unspecified atom stereocenters. The average molecular weight is 285 g/mol.